The van der Waals surface area contributed by atoms with Gasteiger partial charge in [0.05, 0.1) is 16.3 Å². The summed E-state index contributed by atoms with van der Waals surface area (Å²) in [7, 11) is 0. The number of nitriles is 1. The highest BCUT2D eigenvalue weighted by molar-refractivity contribution is 14.1. The second-order valence-corrected chi connectivity index (χ2v) is 7.28. The van der Waals surface area contributed by atoms with Crippen LogP contribution in [0, 0.1) is 14.9 Å². The van der Waals surface area contributed by atoms with Crippen molar-refractivity contribution in [1.29, 1.82) is 5.26 Å². The molecule has 1 aromatic carbocycles. The van der Waals surface area contributed by atoms with Gasteiger partial charge in [0.1, 0.15) is 11.7 Å². The van der Waals surface area contributed by atoms with Gasteiger partial charge in [-0.2, -0.15) is 10.3 Å². The van der Waals surface area contributed by atoms with E-state index in [0.29, 0.717) is 16.5 Å². The van der Waals surface area contributed by atoms with Crippen molar-refractivity contribution in [3.63, 3.8) is 0 Å². The summed E-state index contributed by atoms with van der Waals surface area (Å²) in [6, 6.07) is 5.61. The molecule has 2 aliphatic rings. The van der Waals surface area contributed by atoms with Crippen LogP contribution < -0.4 is 16.4 Å². The lowest BCUT2D eigenvalue weighted by atomic mass is 9.87. The molecule has 0 bridgehead atoms. The Balaban J connectivity index is 2.15. The zero-order valence-electron chi connectivity index (χ0n) is 12.4. The number of nitrogens with two attached hydrogens (primary N) is 2. The van der Waals surface area contributed by atoms with Crippen molar-refractivity contribution in [2.75, 3.05) is 4.90 Å². The van der Waals surface area contributed by atoms with E-state index >= 15 is 0 Å². The predicted octanol–water partition coefficient (Wildman–Crippen LogP) is 2.93. The van der Waals surface area contributed by atoms with Gasteiger partial charge in [0, 0.05) is 3.57 Å². The Morgan fingerprint density at radius 2 is 1.96 bits per heavy atom. The first-order chi connectivity index (χ1) is 11.0. The lowest BCUT2D eigenvalue weighted by Gasteiger charge is -2.46. The standard InChI is InChI=1S/C15H16ClIN6/c16-10-7-12(11(17)6-9(10)8-18)23-14(20)21-13(19)22-15(23)4-2-1-3-5-15/h6-7H,1-5H2,(H4,19,20,21,22). The first-order valence-corrected chi connectivity index (χ1v) is 8.81. The number of halogens is 2. The number of benzene rings is 1. The average molecular weight is 443 g/mol. The van der Waals surface area contributed by atoms with Gasteiger partial charge in [0.2, 0.25) is 11.9 Å². The predicted molar refractivity (Wildman–Crippen MR) is 100 cm³/mol. The van der Waals surface area contributed by atoms with Crippen molar-refractivity contribution < 1.29 is 0 Å². The monoisotopic (exact) mass is 442 g/mol. The third-order valence-electron chi connectivity index (χ3n) is 4.25. The fourth-order valence-corrected chi connectivity index (χ4v) is 4.17. The van der Waals surface area contributed by atoms with E-state index in [1.54, 1.807) is 12.1 Å². The van der Waals surface area contributed by atoms with E-state index in [1.165, 1.54) is 6.42 Å². The van der Waals surface area contributed by atoms with Crippen LogP contribution in [0.3, 0.4) is 0 Å². The molecule has 120 valence electrons. The van der Waals surface area contributed by atoms with E-state index in [0.717, 1.165) is 34.9 Å². The second-order valence-electron chi connectivity index (χ2n) is 5.71. The van der Waals surface area contributed by atoms with Crippen LogP contribution >= 0.6 is 34.2 Å². The number of aliphatic imine (C=N–C) groups is 2. The Morgan fingerprint density at radius 1 is 1.26 bits per heavy atom. The summed E-state index contributed by atoms with van der Waals surface area (Å²) in [5, 5.41) is 9.53. The maximum Gasteiger partial charge on any atom is 0.220 e. The maximum absolute atomic E-state index is 9.13. The molecule has 0 radical (unpaired) electrons. The summed E-state index contributed by atoms with van der Waals surface area (Å²) in [4.78, 5) is 10.7. The summed E-state index contributed by atoms with van der Waals surface area (Å²) in [5.74, 6) is 0.536. The van der Waals surface area contributed by atoms with Crippen LogP contribution in [-0.4, -0.2) is 17.6 Å². The summed E-state index contributed by atoms with van der Waals surface area (Å²) in [5.41, 5.74) is 12.8. The average Bonchev–Trinajstić information content (AvgIpc) is 2.50. The summed E-state index contributed by atoms with van der Waals surface area (Å²) < 4.78 is 0.877. The molecule has 1 aromatic rings. The molecule has 0 unspecified atom stereocenters. The molecule has 1 aliphatic heterocycles. The molecule has 0 saturated heterocycles. The number of hydrogen-bond acceptors (Lipinski definition) is 6. The zero-order valence-corrected chi connectivity index (χ0v) is 15.3. The highest BCUT2D eigenvalue weighted by Crippen LogP contribution is 2.42. The first kappa shape index (κ1) is 16.3. The molecule has 0 amide bonds. The van der Waals surface area contributed by atoms with Crippen molar-refractivity contribution in [2.24, 2.45) is 21.5 Å². The van der Waals surface area contributed by atoms with Crippen LogP contribution in [0.25, 0.3) is 0 Å². The number of guanidine groups is 2. The number of hydrogen-bond donors (Lipinski definition) is 2. The van der Waals surface area contributed by atoms with E-state index < -0.39 is 5.66 Å². The van der Waals surface area contributed by atoms with Crippen LogP contribution in [0.4, 0.5) is 5.69 Å². The van der Waals surface area contributed by atoms with Crippen LogP contribution in [0.15, 0.2) is 22.1 Å². The Bertz CT molecular complexity index is 745. The summed E-state index contributed by atoms with van der Waals surface area (Å²) >= 11 is 8.41. The van der Waals surface area contributed by atoms with E-state index in [-0.39, 0.29) is 5.96 Å². The van der Waals surface area contributed by atoms with Crippen LogP contribution in [0.1, 0.15) is 37.7 Å². The van der Waals surface area contributed by atoms with E-state index in [9.17, 15) is 0 Å². The molecule has 23 heavy (non-hydrogen) atoms. The zero-order chi connectivity index (χ0) is 16.6. The molecule has 1 spiro atoms. The van der Waals surface area contributed by atoms with E-state index in [1.807, 2.05) is 4.90 Å². The van der Waals surface area contributed by atoms with E-state index in [2.05, 4.69) is 38.6 Å². The second kappa shape index (κ2) is 6.17. The maximum atomic E-state index is 9.13. The molecule has 4 N–H and O–H groups in total. The Morgan fingerprint density at radius 3 is 2.61 bits per heavy atom. The van der Waals surface area contributed by atoms with Gasteiger partial charge in [-0.05, 0) is 60.4 Å². The third kappa shape index (κ3) is 2.85. The van der Waals surface area contributed by atoms with Gasteiger partial charge < -0.3 is 11.5 Å². The van der Waals surface area contributed by atoms with Crippen LogP contribution in [0.2, 0.25) is 5.02 Å². The van der Waals surface area contributed by atoms with Crippen molar-refractivity contribution in [2.45, 2.75) is 37.8 Å². The highest BCUT2D eigenvalue weighted by Gasteiger charge is 2.43. The largest absolute Gasteiger partial charge is 0.369 e. The molecule has 1 aliphatic carbocycles. The highest BCUT2D eigenvalue weighted by atomic mass is 127. The molecule has 1 saturated carbocycles. The number of nitrogens with zero attached hydrogens (tertiary/aromatic N) is 4. The Hall–Kier alpha value is -1.53. The molecular formula is C15H16ClIN6. The molecule has 1 heterocycles. The van der Waals surface area contributed by atoms with Gasteiger partial charge in [-0.15, -0.1) is 0 Å². The van der Waals surface area contributed by atoms with Crippen molar-refractivity contribution in [3.8, 4) is 6.07 Å². The van der Waals surface area contributed by atoms with Crippen molar-refractivity contribution >= 4 is 51.8 Å². The minimum Gasteiger partial charge on any atom is -0.369 e. The Labute approximate surface area is 153 Å². The number of rotatable bonds is 1. The molecule has 6 nitrogen and oxygen atoms in total. The SMILES string of the molecule is N#Cc1cc(I)c(N2C(N)=NC(N)=NC23CCCCC3)cc1Cl. The van der Waals surface area contributed by atoms with Crippen LogP contribution in [-0.2, 0) is 0 Å². The summed E-state index contributed by atoms with van der Waals surface area (Å²) in [6.07, 6.45) is 5.00. The van der Waals surface area contributed by atoms with Crippen LogP contribution in [0.5, 0.6) is 0 Å². The quantitative estimate of drug-likeness (QED) is 0.653. The fourth-order valence-electron chi connectivity index (χ4n) is 3.26. The smallest absolute Gasteiger partial charge is 0.220 e. The van der Waals surface area contributed by atoms with Crippen molar-refractivity contribution in [3.05, 3.63) is 26.3 Å². The molecule has 0 aromatic heterocycles. The van der Waals surface area contributed by atoms with Gasteiger partial charge >= 0.3 is 0 Å². The molecule has 0 atom stereocenters. The lowest BCUT2D eigenvalue weighted by molar-refractivity contribution is 0.305. The van der Waals surface area contributed by atoms with Crippen molar-refractivity contribution in [1.82, 2.24) is 0 Å². The van der Waals surface area contributed by atoms with Gasteiger partial charge in [-0.1, -0.05) is 18.0 Å². The summed E-state index contributed by atoms with van der Waals surface area (Å²) in [6.45, 7) is 0. The van der Waals surface area contributed by atoms with Gasteiger partial charge in [0.15, 0.2) is 0 Å². The Kier molecular flexibility index (Phi) is 4.38. The topological polar surface area (TPSA) is 104 Å². The normalized spacial score (nSPS) is 20.0. The minimum atomic E-state index is -0.508. The van der Waals surface area contributed by atoms with E-state index in [4.69, 9.17) is 28.3 Å². The molecule has 8 heteroatoms. The molecule has 3 rings (SSSR count). The van der Waals surface area contributed by atoms with Gasteiger partial charge in [-0.3, -0.25) is 4.90 Å². The van der Waals surface area contributed by atoms with Gasteiger partial charge in [0.25, 0.3) is 0 Å². The fraction of sp³-hybridized carbons (Fsp3) is 0.400. The lowest BCUT2D eigenvalue weighted by Crippen LogP contribution is -2.58. The first-order valence-electron chi connectivity index (χ1n) is 7.36. The number of anilines is 1. The van der Waals surface area contributed by atoms with Gasteiger partial charge in [-0.25, -0.2) is 4.99 Å². The molecular weight excluding hydrogens is 427 g/mol. The third-order valence-corrected chi connectivity index (χ3v) is 5.43. The minimum absolute atomic E-state index is 0.218. The molecule has 1 fully saturated rings.